The Morgan fingerprint density at radius 1 is 1.37 bits per heavy atom. The van der Waals surface area contributed by atoms with Crippen molar-refractivity contribution in [2.75, 3.05) is 23.9 Å². The summed E-state index contributed by atoms with van der Waals surface area (Å²) < 4.78 is 1.46. The number of hydrogen-bond acceptors (Lipinski definition) is 8. The fourth-order valence-electron chi connectivity index (χ4n) is 1.50. The number of rotatable bonds is 6. The Morgan fingerprint density at radius 3 is 2.84 bits per heavy atom. The maximum atomic E-state index is 5.37. The molecule has 2 rings (SSSR count). The summed E-state index contributed by atoms with van der Waals surface area (Å²) in [5, 5.41) is 3.99. The third-order valence-corrected chi connectivity index (χ3v) is 2.55. The van der Waals surface area contributed by atoms with Gasteiger partial charge in [0, 0.05) is 13.6 Å². The standard InChI is InChI=1S/C10H17N9/c1-3-4-5-18(2)9-14-8(17-11)15-10(16-9)19-7-12-6-13-19/h6-7H,3-5,11H2,1-2H3,(H,14,15,16,17). The van der Waals surface area contributed by atoms with Gasteiger partial charge in [0.15, 0.2) is 0 Å². The summed E-state index contributed by atoms with van der Waals surface area (Å²) in [5.74, 6) is 6.58. The number of nitrogens with zero attached hydrogens (tertiary/aromatic N) is 7. The molecule has 0 radical (unpaired) electrons. The number of anilines is 2. The Morgan fingerprint density at radius 2 is 2.21 bits per heavy atom. The fourth-order valence-corrected chi connectivity index (χ4v) is 1.50. The summed E-state index contributed by atoms with van der Waals surface area (Å²) in [6.07, 6.45) is 5.10. The number of hydrazine groups is 1. The molecule has 0 spiro atoms. The van der Waals surface area contributed by atoms with Crippen LogP contribution >= 0.6 is 0 Å². The zero-order valence-electron chi connectivity index (χ0n) is 11.0. The van der Waals surface area contributed by atoms with Crippen molar-refractivity contribution in [2.24, 2.45) is 5.84 Å². The van der Waals surface area contributed by atoms with Gasteiger partial charge in [0.2, 0.25) is 11.9 Å². The van der Waals surface area contributed by atoms with Crippen LogP contribution in [0.3, 0.4) is 0 Å². The van der Waals surface area contributed by atoms with Crippen molar-refractivity contribution >= 4 is 11.9 Å². The van der Waals surface area contributed by atoms with E-state index >= 15 is 0 Å². The molecule has 0 fully saturated rings. The molecular formula is C10H17N9. The Hall–Kier alpha value is -2.29. The predicted octanol–water partition coefficient (Wildman–Crippen LogP) is -0.0258. The third kappa shape index (κ3) is 3.13. The summed E-state index contributed by atoms with van der Waals surface area (Å²) in [6.45, 7) is 3.00. The first-order chi connectivity index (χ1) is 9.24. The first-order valence-electron chi connectivity index (χ1n) is 6.03. The minimum Gasteiger partial charge on any atom is -0.344 e. The van der Waals surface area contributed by atoms with Gasteiger partial charge in [-0.2, -0.15) is 24.7 Å². The number of unbranched alkanes of at least 4 members (excludes halogenated alkanes) is 1. The predicted molar refractivity (Wildman–Crippen MR) is 70.7 cm³/mol. The van der Waals surface area contributed by atoms with Crippen LogP contribution in [-0.4, -0.2) is 43.3 Å². The third-order valence-electron chi connectivity index (χ3n) is 2.55. The van der Waals surface area contributed by atoms with Crippen LogP contribution in [0.5, 0.6) is 0 Å². The van der Waals surface area contributed by atoms with Gasteiger partial charge in [-0.1, -0.05) is 13.3 Å². The van der Waals surface area contributed by atoms with E-state index in [2.05, 4.69) is 37.4 Å². The topological polar surface area (TPSA) is 111 Å². The van der Waals surface area contributed by atoms with Gasteiger partial charge < -0.3 is 4.90 Å². The maximum absolute atomic E-state index is 5.37. The average molecular weight is 263 g/mol. The van der Waals surface area contributed by atoms with Gasteiger partial charge in [-0.25, -0.2) is 10.8 Å². The second-order valence-corrected chi connectivity index (χ2v) is 4.02. The highest BCUT2D eigenvalue weighted by atomic mass is 15.4. The molecule has 0 aliphatic rings. The van der Waals surface area contributed by atoms with E-state index in [1.54, 1.807) is 0 Å². The summed E-state index contributed by atoms with van der Waals surface area (Å²) >= 11 is 0. The molecular weight excluding hydrogens is 246 g/mol. The number of nitrogens with two attached hydrogens (primary N) is 1. The molecule has 0 aliphatic heterocycles. The van der Waals surface area contributed by atoms with Crippen molar-refractivity contribution in [1.82, 2.24) is 29.7 Å². The second-order valence-electron chi connectivity index (χ2n) is 4.02. The second kappa shape index (κ2) is 6.05. The van der Waals surface area contributed by atoms with Crippen molar-refractivity contribution in [3.63, 3.8) is 0 Å². The molecule has 3 N–H and O–H groups in total. The van der Waals surface area contributed by atoms with Crippen molar-refractivity contribution in [1.29, 1.82) is 0 Å². The highest BCUT2D eigenvalue weighted by Crippen LogP contribution is 2.11. The molecule has 0 unspecified atom stereocenters. The van der Waals surface area contributed by atoms with Crippen LogP contribution in [0.25, 0.3) is 5.95 Å². The molecule has 9 heteroatoms. The lowest BCUT2D eigenvalue weighted by Crippen LogP contribution is -2.24. The van der Waals surface area contributed by atoms with Crippen LogP contribution in [0, 0.1) is 0 Å². The molecule has 0 atom stereocenters. The molecule has 2 heterocycles. The summed E-state index contributed by atoms with van der Waals surface area (Å²) in [6, 6.07) is 0. The van der Waals surface area contributed by atoms with Crippen LogP contribution in [0.2, 0.25) is 0 Å². The molecule has 0 bridgehead atoms. The quantitative estimate of drug-likeness (QED) is 0.552. The molecule has 19 heavy (non-hydrogen) atoms. The smallest absolute Gasteiger partial charge is 0.258 e. The zero-order chi connectivity index (χ0) is 13.7. The van der Waals surface area contributed by atoms with Crippen molar-refractivity contribution in [3.8, 4) is 5.95 Å². The van der Waals surface area contributed by atoms with Crippen LogP contribution in [0.15, 0.2) is 12.7 Å². The number of nitrogen functional groups attached to an aromatic ring is 1. The minimum atomic E-state index is 0.291. The Labute approximate surface area is 110 Å². The first-order valence-corrected chi connectivity index (χ1v) is 6.03. The Bertz CT molecular complexity index is 510. The minimum absolute atomic E-state index is 0.291. The lowest BCUT2D eigenvalue weighted by molar-refractivity contribution is 0.733. The van der Waals surface area contributed by atoms with E-state index in [0.29, 0.717) is 17.8 Å². The van der Waals surface area contributed by atoms with Gasteiger partial charge >= 0.3 is 0 Å². The maximum Gasteiger partial charge on any atom is 0.258 e. The van der Waals surface area contributed by atoms with Crippen LogP contribution < -0.4 is 16.2 Å². The van der Waals surface area contributed by atoms with Crippen LogP contribution in [-0.2, 0) is 0 Å². The van der Waals surface area contributed by atoms with Crippen LogP contribution in [0.1, 0.15) is 19.8 Å². The van der Waals surface area contributed by atoms with E-state index in [4.69, 9.17) is 5.84 Å². The fraction of sp³-hybridized carbons (Fsp3) is 0.500. The van der Waals surface area contributed by atoms with Gasteiger partial charge in [-0.15, -0.1) is 0 Å². The monoisotopic (exact) mass is 263 g/mol. The zero-order valence-corrected chi connectivity index (χ0v) is 11.0. The number of aromatic nitrogens is 6. The largest absolute Gasteiger partial charge is 0.344 e. The van der Waals surface area contributed by atoms with E-state index < -0.39 is 0 Å². The van der Waals surface area contributed by atoms with Crippen molar-refractivity contribution < 1.29 is 0 Å². The lowest BCUT2D eigenvalue weighted by atomic mass is 10.3. The van der Waals surface area contributed by atoms with Gasteiger partial charge in [0.05, 0.1) is 0 Å². The van der Waals surface area contributed by atoms with Gasteiger partial charge in [0.1, 0.15) is 12.7 Å². The van der Waals surface area contributed by atoms with E-state index in [1.165, 1.54) is 17.3 Å². The van der Waals surface area contributed by atoms with E-state index in [9.17, 15) is 0 Å². The molecule has 0 saturated heterocycles. The highest BCUT2D eigenvalue weighted by molar-refractivity contribution is 5.38. The lowest BCUT2D eigenvalue weighted by Gasteiger charge is -2.17. The molecule has 0 aromatic carbocycles. The highest BCUT2D eigenvalue weighted by Gasteiger charge is 2.11. The number of nitrogens with one attached hydrogen (secondary N) is 1. The van der Waals surface area contributed by atoms with Gasteiger partial charge in [-0.05, 0) is 6.42 Å². The molecule has 0 amide bonds. The molecule has 2 aromatic rings. The van der Waals surface area contributed by atoms with Crippen molar-refractivity contribution in [3.05, 3.63) is 12.7 Å². The van der Waals surface area contributed by atoms with Gasteiger partial charge in [0.25, 0.3) is 5.95 Å². The summed E-state index contributed by atoms with van der Waals surface area (Å²) in [7, 11) is 1.93. The van der Waals surface area contributed by atoms with E-state index in [-0.39, 0.29) is 0 Å². The van der Waals surface area contributed by atoms with E-state index in [1.807, 2.05) is 11.9 Å². The first kappa shape index (κ1) is 13.1. The van der Waals surface area contributed by atoms with Gasteiger partial charge in [-0.3, -0.25) is 5.43 Å². The molecule has 9 nitrogen and oxygen atoms in total. The Kier molecular flexibility index (Phi) is 4.18. The Balaban J connectivity index is 2.31. The molecule has 0 saturated carbocycles. The summed E-state index contributed by atoms with van der Waals surface area (Å²) in [4.78, 5) is 18.5. The normalized spacial score (nSPS) is 10.5. The van der Waals surface area contributed by atoms with E-state index in [0.717, 1.165) is 19.4 Å². The molecule has 0 aliphatic carbocycles. The molecule has 2 aromatic heterocycles. The molecule has 102 valence electrons. The van der Waals surface area contributed by atoms with Crippen molar-refractivity contribution in [2.45, 2.75) is 19.8 Å². The SMILES string of the molecule is CCCCN(C)c1nc(NN)nc(-n2cncn2)n1. The average Bonchev–Trinajstić information content (AvgIpc) is 2.98. The number of hydrogen-bond donors (Lipinski definition) is 2. The van der Waals surface area contributed by atoms with Crippen LogP contribution in [0.4, 0.5) is 11.9 Å². The summed E-state index contributed by atoms with van der Waals surface area (Å²) in [5.41, 5.74) is 2.43.